The zero-order chi connectivity index (χ0) is 23.8. The third-order valence-electron chi connectivity index (χ3n) is 5.71. The van der Waals surface area contributed by atoms with Crippen molar-refractivity contribution in [2.75, 3.05) is 31.3 Å². The second-order valence-corrected chi connectivity index (χ2v) is 8.57. The van der Waals surface area contributed by atoms with Gasteiger partial charge in [-0.1, -0.05) is 11.6 Å². The standard InChI is InChI=1S/C23H22ClF2N7O/c1-13-17(5-6-25)29-21-20(15-4-3-14(24)9-16(15)26)30-23(31-22(21)28-13)33-7-8-34-19(11-33)18-10-32(2)12-27-18/h3-4,9-10,12,19H,5-8,11H2,1-2H3. The third kappa shape index (κ3) is 4.30. The van der Waals surface area contributed by atoms with Crippen LogP contribution in [0.1, 0.15) is 23.2 Å². The lowest BCUT2D eigenvalue weighted by molar-refractivity contribution is 0.0367. The molecule has 8 nitrogen and oxygen atoms in total. The molecule has 0 amide bonds. The molecule has 4 aromatic rings. The van der Waals surface area contributed by atoms with Crippen molar-refractivity contribution < 1.29 is 13.5 Å². The first-order valence-corrected chi connectivity index (χ1v) is 11.2. The van der Waals surface area contributed by atoms with Crippen LogP contribution in [0.25, 0.3) is 22.4 Å². The van der Waals surface area contributed by atoms with Crippen LogP contribution in [0.15, 0.2) is 30.7 Å². The van der Waals surface area contributed by atoms with Crippen molar-refractivity contribution in [3.63, 3.8) is 0 Å². The van der Waals surface area contributed by atoms with E-state index in [-0.39, 0.29) is 28.8 Å². The minimum Gasteiger partial charge on any atom is -0.368 e. The number of anilines is 1. The Hall–Kier alpha value is -3.24. The Morgan fingerprint density at radius 1 is 1.21 bits per heavy atom. The quantitative estimate of drug-likeness (QED) is 0.422. The molecule has 1 atom stereocenters. The number of imidazole rings is 1. The predicted octanol–water partition coefficient (Wildman–Crippen LogP) is 4.01. The molecule has 34 heavy (non-hydrogen) atoms. The van der Waals surface area contributed by atoms with Gasteiger partial charge in [0.05, 0.1) is 43.2 Å². The van der Waals surface area contributed by atoms with E-state index in [9.17, 15) is 8.78 Å². The van der Waals surface area contributed by atoms with Gasteiger partial charge in [0.25, 0.3) is 0 Å². The Bertz CT molecular complexity index is 1360. The lowest BCUT2D eigenvalue weighted by Gasteiger charge is -2.32. The summed E-state index contributed by atoms with van der Waals surface area (Å²) in [4.78, 5) is 24.8. The lowest BCUT2D eigenvalue weighted by Crippen LogP contribution is -2.39. The van der Waals surface area contributed by atoms with Crippen LogP contribution in [0, 0.1) is 12.7 Å². The third-order valence-corrected chi connectivity index (χ3v) is 5.95. The zero-order valence-corrected chi connectivity index (χ0v) is 19.4. The van der Waals surface area contributed by atoms with E-state index in [0.29, 0.717) is 48.2 Å². The van der Waals surface area contributed by atoms with Crippen molar-refractivity contribution in [3.8, 4) is 11.3 Å². The van der Waals surface area contributed by atoms with Gasteiger partial charge < -0.3 is 14.2 Å². The topological polar surface area (TPSA) is 81.9 Å². The van der Waals surface area contributed by atoms with Crippen molar-refractivity contribution in [2.24, 2.45) is 7.05 Å². The number of aromatic nitrogens is 6. The van der Waals surface area contributed by atoms with Gasteiger partial charge in [0.2, 0.25) is 5.95 Å². The molecule has 1 aliphatic heterocycles. The van der Waals surface area contributed by atoms with Gasteiger partial charge in [-0.05, 0) is 25.1 Å². The average Bonchev–Trinajstić information content (AvgIpc) is 3.26. The molecule has 0 aliphatic carbocycles. The van der Waals surface area contributed by atoms with E-state index in [1.54, 1.807) is 25.4 Å². The van der Waals surface area contributed by atoms with Crippen molar-refractivity contribution in [1.82, 2.24) is 29.5 Å². The number of hydrogen-bond acceptors (Lipinski definition) is 7. The molecule has 1 aliphatic rings. The minimum atomic E-state index is -0.576. The molecule has 0 radical (unpaired) electrons. The van der Waals surface area contributed by atoms with E-state index in [1.165, 1.54) is 6.07 Å². The highest BCUT2D eigenvalue weighted by atomic mass is 35.5. The lowest BCUT2D eigenvalue weighted by atomic mass is 10.1. The number of alkyl halides is 1. The van der Waals surface area contributed by atoms with Gasteiger partial charge in [-0.3, -0.25) is 4.39 Å². The number of aryl methyl sites for hydroxylation is 3. The number of ether oxygens (including phenoxy) is 1. The molecule has 1 saturated heterocycles. The summed E-state index contributed by atoms with van der Waals surface area (Å²) in [5.41, 5.74) is 3.00. The molecule has 176 valence electrons. The van der Waals surface area contributed by atoms with E-state index in [0.717, 1.165) is 5.69 Å². The van der Waals surface area contributed by atoms with Crippen molar-refractivity contribution in [3.05, 3.63) is 58.6 Å². The highest BCUT2D eigenvalue weighted by molar-refractivity contribution is 6.30. The fourth-order valence-corrected chi connectivity index (χ4v) is 4.16. The Morgan fingerprint density at radius 3 is 2.79 bits per heavy atom. The highest BCUT2D eigenvalue weighted by Gasteiger charge is 2.27. The number of morpholine rings is 1. The van der Waals surface area contributed by atoms with Gasteiger partial charge >= 0.3 is 0 Å². The van der Waals surface area contributed by atoms with Crippen molar-refractivity contribution in [2.45, 2.75) is 19.4 Å². The fraction of sp³-hybridized carbons (Fsp3) is 0.348. The van der Waals surface area contributed by atoms with E-state index in [4.69, 9.17) is 21.3 Å². The Morgan fingerprint density at radius 2 is 2.06 bits per heavy atom. The van der Waals surface area contributed by atoms with Crippen LogP contribution in [-0.4, -0.2) is 55.9 Å². The SMILES string of the molecule is Cc1nc2nc(N3CCOC(c4cn(C)cn4)C3)nc(-c3ccc(Cl)cc3F)c2nc1CCF. The predicted molar refractivity (Wildman–Crippen MR) is 124 cm³/mol. The maximum atomic E-state index is 15.0. The number of benzene rings is 1. The van der Waals surface area contributed by atoms with Gasteiger partial charge in [0, 0.05) is 36.8 Å². The van der Waals surface area contributed by atoms with Crippen LogP contribution in [0.4, 0.5) is 14.7 Å². The molecule has 0 bridgehead atoms. The van der Waals surface area contributed by atoms with Crippen LogP contribution in [-0.2, 0) is 18.2 Å². The fourth-order valence-electron chi connectivity index (χ4n) is 4.00. The van der Waals surface area contributed by atoms with Crippen LogP contribution in [0.2, 0.25) is 5.02 Å². The molecule has 0 N–H and O–H groups in total. The summed E-state index contributed by atoms with van der Waals surface area (Å²) in [5.74, 6) is -0.158. The molecule has 0 saturated carbocycles. The summed E-state index contributed by atoms with van der Waals surface area (Å²) in [6, 6.07) is 4.36. The zero-order valence-electron chi connectivity index (χ0n) is 18.7. The maximum absolute atomic E-state index is 15.0. The van der Waals surface area contributed by atoms with Crippen LogP contribution in [0.3, 0.4) is 0 Å². The summed E-state index contributed by atoms with van der Waals surface area (Å²) < 4.78 is 35.8. The van der Waals surface area contributed by atoms with E-state index < -0.39 is 12.5 Å². The number of fused-ring (bicyclic) bond motifs is 1. The van der Waals surface area contributed by atoms with Gasteiger partial charge in [-0.25, -0.2) is 24.3 Å². The molecule has 5 rings (SSSR count). The Kier molecular flexibility index (Phi) is 6.09. The molecule has 0 spiro atoms. The van der Waals surface area contributed by atoms with Gasteiger partial charge in [-0.2, -0.15) is 4.98 Å². The second-order valence-electron chi connectivity index (χ2n) is 8.13. The number of nitrogens with zero attached hydrogens (tertiary/aromatic N) is 7. The normalized spacial score (nSPS) is 16.4. The first kappa shape index (κ1) is 22.5. The summed E-state index contributed by atoms with van der Waals surface area (Å²) in [6.07, 6.45) is 3.48. The summed E-state index contributed by atoms with van der Waals surface area (Å²) in [7, 11) is 1.90. The number of hydrogen-bond donors (Lipinski definition) is 0. The monoisotopic (exact) mass is 485 g/mol. The van der Waals surface area contributed by atoms with Crippen LogP contribution < -0.4 is 4.90 Å². The first-order valence-electron chi connectivity index (χ1n) is 10.8. The van der Waals surface area contributed by atoms with E-state index in [2.05, 4.69) is 19.9 Å². The Labute approximate surface area is 199 Å². The largest absolute Gasteiger partial charge is 0.368 e. The van der Waals surface area contributed by atoms with Crippen molar-refractivity contribution >= 4 is 28.7 Å². The average molecular weight is 486 g/mol. The first-order chi connectivity index (χ1) is 16.4. The van der Waals surface area contributed by atoms with Crippen LogP contribution in [0.5, 0.6) is 0 Å². The number of rotatable bonds is 5. The highest BCUT2D eigenvalue weighted by Crippen LogP contribution is 2.32. The summed E-state index contributed by atoms with van der Waals surface area (Å²) in [5, 5.41) is 0.270. The van der Waals surface area contributed by atoms with Gasteiger partial charge in [-0.15, -0.1) is 0 Å². The number of halogens is 3. The maximum Gasteiger partial charge on any atom is 0.228 e. The molecule has 4 heterocycles. The van der Waals surface area contributed by atoms with E-state index >= 15 is 0 Å². The molecule has 1 aromatic carbocycles. The molecule has 1 fully saturated rings. The van der Waals surface area contributed by atoms with Crippen LogP contribution >= 0.6 is 11.6 Å². The Balaban J connectivity index is 1.63. The molecule has 11 heteroatoms. The molecular weight excluding hydrogens is 464 g/mol. The molecule has 3 aromatic heterocycles. The van der Waals surface area contributed by atoms with E-state index in [1.807, 2.05) is 22.7 Å². The van der Waals surface area contributed by atoms with Gasteiger partial charge in [0.1, 0.15) is 23.1 Å². The van der Waals surface area contributed by atoms with Crippen molar-refractivity contribution in [1.29, 1.82) is 0 Å². The minimum absolute atomic E-state index is 0.105. The summed E-state index contributed by atoms with van der Waals surface area (Å²) >= 11 is 5.97. The molecule has 1 unspecified atom stereocenters. The molecular formula is C23H22ClF2N7O. The van der Waals surface area contributed by atoms with Gasteiger partial charge in [0.15, 0.2) is 5.65 Å². The summed E-state index contributed by atoms with van der Waals surface area (Å²) in [6.45, 7) is 2.65. The second kappa shape index (κ2) is 9.19. The smallest absolute Gasteiger partial charge is 0.228 e.